The quantitative estimate of drug-likeness (QED) is 0.308. The van der Waals surface area contributed by atoms with E-state index in [1.165, 1.54) is 12.5 Å². The van der Waals surface area contributed by atoms with Crippen molar-refractivity contribution in [1.29, 1.82) is 0 Å². The van der Waals surface area contributed by atoms with Crippen LogP contribution in [0.5, 0.6) is 0 Å². The SMILES string of the molecule is CCc1ccc(-c2ccc(C(=O)N[C@@H](CCC(N)=O)C(=O)N[C@H](C(=O)CO)[C@@H](C)O)cc2)cc1. The summed E-state index contributed by atoms with van der Waals surface area (Å²) >= 11 is 0. The molecule has 0 aliphatic heterocycles. The second-order valence-electron chi connectivity index (χ2n) is 8.01. The van der Waals surface area contributed by atoms with Gasteiger partial charge in [-0.3, -0.25) is 19.2 Å². The summed E-state index contributed by atoms with van der Waals surface area (Å²) in [5.74, 6) is -2.79. The molecule has 2 rings (SSSR count). The van der Waals surface area contributed by atoms with Crippen molar-refractivity contribution in [2.24, 2.45) is 5.73 Å². The number of amides is 3. The van der Waals surface area contributed by atoms with E-state index in [0.717, 1.165) is 17.5 Å². The maximum Gasteiger partial charge on any atom is 0.251 e. The van der Waals surface area contributed by atoms with Crippen LogP contribution in [0.1, 0.15) is 42.6 Å². The Morgan fingerprint density at radius 1 is 0.941 bits per heavy atom. The fraction of sp³-hybridized carbons (Fsp3) is 0.360. The van der Waals surface area contributed by atoms with Crippen LogP contribution in [-0.2, 0) is 20.8 Å². The number of ketones is 1. The lowest BCUT2D eigenvalue weighted by Gasteiger charge is -2.24. The van der Waals surface area contributed by atoms with Crippen molar-refractivity contribution in [3.05, 3.63) is 59.7 Å². The third kappa shape index (κ3) is 7.50. The van der Waals surface area contributed by atoms with E-state index in [1.807, 2.05) is 24.3 Å². The van der Waals surface area contributed by atoms with Crippen LogP contribution in [0.3, 0.4) is 0 Å². The van der Waals surface area contributed by atoms with Crippen molar-refractivity contribution in [2.75, 3.05) is 6.61 Å². The second-order valence-corrected chi connectivity index (χ2v) is 8.01. The topological polar surface area (TPSA) is 159 Å². The molecule has 3 amide bonds. The highest BCUT2D eigenvalue weighted by atomic mass is 16.3. The molecule has 0 aromatic heterocycles. The highest BCUT2D eigenvalue weighted by Gasteiger charge is 2.29. The van der Waals surface area contributed by atoms with Gasteiger partial charge in [-0.15, -0.1) is 0 Å². The first-order valence-electron chi connectivity index (χ1n) is 11.1. The molecule has 0 heterocycles. The summed E-state index contributed by atoms with van der Waals surface area (Å²) in [4.78, 5) is 48.6. The van der Waals surface area contributed by atoms with Crippen molar-refractivity contribution >= 4 is 23.5 Å². The van der Waals surface area contributed by atoms with Crippen LogP contribution < -0.4 is 16.4 Å². The third-order valence-corrected chi connectivity index (χ3v) is 5.43. The minimum absolute atomic E-state index is 0.103. The molecule has 34 heavy (non-hydrogen) atoms. The predicted octanol–water partition coefficient (Wildman–Crippen LogP) is 0.707. The number of rotatable bonds is 12. The van der Waals surface area contributed by atoms with Crippen LogP contribution >= 0.6 is 0 Å². The van der Waals surface area contributed by atoms with E-state index >= 15 is 0 Å². The summed E-state index contributed by atoms with van der Waals surface area (Å²) in [5, 5.41) is 23.7. The number of benzene rings is 2. The molecule has 0 aliphatic carbocycles. The van der Waals surface area contributed by atoms with Gasteiger partial charge in [-0.25, -0.2) is 0 Å². The predicted molar refractivity (Wildman–Crippen MR) is 127 cm³/mol. The van der Waals surface area contributed by atoms with Crippen molar-refractivity contribution in [3.63, 3.8) is 0 Å². The molecule has 2 aromatic rings. The molecule has 0 aliphatic rings. The molecule has 182 valence electrons. The molecule has 0 saturated carbocycles. The van der Waals surface area contributed by atoms with Crippen molar-refractivity contribution in [3.8, 4) is 11.1 Å². The van der Waals surface area contributed by atoms with Crippen molar-refractivity contribution in [2.45, 2.75) is 51.3 Å². The lowest BCUT2D eigenvalue weighted by Crippen LogP contribution is -2.55. The van der Waals surface area contributed by atoms with E-state index in [-0.39, 0.29) is 12.8 Å². The van der Waals surface area contributed by atoms with Crippen molar-refractivity contribution in [1.82, 2.24) is 10.6 Å². The van der Waals surface area contributed by atoms with Crippen LogP contribution in [0, 0.1) is 0 Å². The lowest BCUT2D eigenvalue weighted by atomic mass is 10.0. The van der Waals surface area contributed by atoms with Gasteiger partial charge >= 0.3 is 0 Å². The molecule has 0 radical (unpaired) electrons. The molecule has 9 nitrogen and oxygen atoms in total. The molecule has 9 heteroatoms. The van der Waals surface area contributed by atoms with Crippen molar-refractivity contribution < 1.29 is 29.4 Å². The fourth-order valence-corrected chi connectivity index (χ4v) is 3.37. The fourth-order valence-electron chi connectivity index (χ4n) is 3.37. The summed E-state index contributed by atoms with van der Waals surface area (Å²) in [6.07, 6.45) is -0.613. The average Bonchev–Trinajstić information content (AvgIpc) is 2.84. The molecule has 3 atom stereocenters. The molecule has 0 unspecified atom stereocenters. The first-order chi connectivity index (χ1) is 16.2. The van der Waals surface area contributed by atoms with Gasteiger partial charge in [0.2, 0.25) is 11.8 Å². The number of aliphatic hydroxyl groups is 2. The van der Waals surface area contributed by atoms with Gasteiger partial charge in [-0.2, -0.15) is 0 Å². The summed E-state index contributed by atoms with van der Waals surface area (Å²) in [7, 11) is 0. The number of primary amides is 1. The zero-order chi connectivity index (χ0) is 25.3. The Balaban J connectivity index is 2.15. The van der Waals surface area contributed by atoms with Gasteiger partial charge in [0.1, 0.15) is 18.7 Å². The number of aliphatic hydroxyl groups excluding tert-OH is 2. The number of Topliss-reactive ketones (excluding diaryl/α,β-unsaturated/α-hetero) is 1. The van der Waals surface area contributed by atoms with Gasteiger partial charge in [-0.1, -0.05) is 43.3 Å². The van der Waals surface area contributed by atoms with E-state index in [9.17, 15) is 24.3 Å². The highest BCUT2D eigenvalue weighted by molar-refractivity contribution is 5.99. The Labute approximate surface area is 198 Å². The number of hydrogen-bond acceptors (Lipinski definition) is 6. The largest absolute Gasteiger partial charge is 0.391 e. The lowest BCUT2D eigenvalue weighted by molar-refractivity contribution is -0.132. The Morgan fingerprint density at radius 3 is 1.97 bits per heavy atom. The van der Waals surface area contributed by atoms with Crippen LogP contribution in [0.15, 0.2) is 48.5 Å². The second kappa shape index (κ2) is 12.6. The van der Waals surface area contributed by atoms with Crippen LogP contribution in [0.25, 0.3) is 11.1 Å². The van der Waals surface area contributed by atoms with Crippen LogP contribution in [0.2, 0.25) is 0 Å². The number of nitrogens with one attached hydrogen (secondary N) is 2. The van der Waals surface area contributed by atoms with Crippen LogP contribution in [-0.4, -0.2) is 58.5 Å². The molecule has 0 saturated heterocycles. The molecular weight excluding hydrogens is 438 g/mol. The molecule has 0 spiro atoms. The molecule has 0 bridgehead atoms. The zero-order valence-corrected chi connectivity index (χ0v) is 19.3. The maximum atomic E-state index is 12.8. The van der Waals surface area contributed by atoms with Gasteiger partial charge in [0.15, 0.2) is 5.78 Å². The third-order valence-electron chi connectivity index (χ3n) is 5.43. The van der Waals surface area contributed by atoms with Gasteiger partial charge in [0.05, 0.1) is 6.10 Å². The monoisotopic (exact) mass is 469 g/mol. The van der Waals surface area contributed by atoms with E-state index in [2.05, 4.69) is 17.6 Å². The first kappa shape index (κ1) is 26.7. The summed E-state index contributed by atoms with van der Waals surface area (Å²) < 4.78 is 0. The van der Waals surface area contributed by atoms with E-state index in [1.54, 1.807) is 24.3 Å². The number of nitrogens with two attached hydrogens (primary N) is 1. The number of carbonyl (C=O) groups is 4. The number of aryl methyl sites for hydroxylation is 1. The van der Waals surface area contributed by atoms with E-state index in [0.29, 0.717) is 5.56 Å². The standard InChI is InChI=1S/C25H31N3O6/c1-3-16-4-6-17(7-5-16)18-8-10-19(11-9-18)24(33)27-20(12-13-22(26)32)25(34)28-23(15(2)30)21(31)14-29/h4-11,15,20,23,29-30H,3,12-14H2,1-2H3,(H2,26,32)(H,27,33)(H,28,34)/t15-,20+,23+/m1/s1. The minimum Gasteiger partial charge on any atom is -0.391 e. The Bertz CT molecular complexity index is 1000. The highest BCUT2D eigenvalue weighted by Crippen LogP contribution is 2.20. The Morgan fingerprint density at radius 2 is 1.50 bits per heavy atom. The molecule has 6 N–H and O–H groups in total. The zero-order valence-electron chi connectivity index (χ0n) is 19.3. The minimum atomic E-state index is -1.36. The first-order valence-corrected chi connectivity index (χ1v) is 11.1. The summed E-state index contributed by atoms with van der Waals surface area (Å²) in [6.45, 7) is 2.49. The van der Waals surface area contributed by atoms with Gasteiger partial charge in [-0.05, 0) is 48.6 Å². The molecule has 2 aromatic carbocycles. The van der Waals surface area contributed by atoms with Gasteiger partial charge < -0.3 is 26.6 Å². The summed E-state index contributed by atoms with van der Waals surface area (Å²) in [6, 6.07) is 12.4. The molecule has 0 fully saturated rings. The Kier molecular flexibility index (Phi) is 9.91. The normalized spacial score (nSPS) is 13.4. The molecular formula is C25H31N3O6. The number of hydrogen-bond donors (Lipinski definition) is 5. The van der Waals surface area contributed by atoms with Gasteiger partial charge in [0, 0.05) is 12.0 Å². The number of carbonyl (C=O) groups excluding carboxylic acids is 4. The smallest absolute Gasteiger partial charge is 0.251 e. The summed E-state index contributed by atoms with van der Waals surface area (Å²) in [5.41, 5.74) is 8.62. The van der Waals surface area contributed by atoms with Gasteiger partial charge in [0.25, 0.3) is 5.91 Å². The van der Waals surface area contributed by atoms with E-state index < -0.39 is 48.3 Å². The van der Waals surface area contributed by atoms with E-state index in [4.69, 9.17) is 10.8 Å². The van der Waals surface area contributed by atoms with Crippen LogP contribution in [0.4, 0.5) is 0 Å². The Hall–Kier alpha value is -3.56. The maximum absolute atomic E-state index is 12.8. The average molecular weight is 470 g/mol.